The lowest BCUT2D eigenvalue weighted by molar-refractivity contribution is 0.0681. The fraction of sp³-hybridized carbons (Fsp3) is 0.500. The minimum Gasteiger partial charge on any atom is -0.379 e. The van der Waals surface area contributed by atoms with Crippen LogP contribution in [0.4, 0.5) is 0 Å². The maximum absolute atomic E-state index is 12.1. The van der Waals surface area contributed by atoms with E-state index in [1.165, 1.54) is 12.8 Å². The van der Waals surface area contributed by atoms with Gasteiger partial charge >= 0.3 is 0 Å². The predicted octanol–water partition coefficient (Wildman–Crippen LogP) is 3.60. The maximum Gasteiger partial charge on any atom is 0.253 e. The van der Waals surface area contributed by atoms with Crippen molar-refractivity contribution in [1.29, 1.82) is 0 Å². The van der Waals surface area contributed by atoms with E-state index in [9.17, 15) is 4.79 Å². The van der Waals surface area contributed by atoms with Gasteiger partial charge in [-0.05, 0) is 52.9 Å². The summed E-state index contributed by atoms with van der Waals surface area (Å²) in [5, 5.41) is 0.546. The first-order chi connectivity index (χ1) is 9.08. The van der Waals surface area contributed by atoms with E-state index in [0.29, 0.717) is 23.7 Å². The summed E-state index contributed by atoms with van der Waals surface area (Å²) in [5.41, 5.74) is 0.595. The molecule has 0 radical (unpaired) electrons. The molecule has 1 aromatic rings. The Labute approximate surface area is 127 Å². The molecule has 1 amide bonds. The molecule has 1 aliphatic carbocycles. The summed E-state index contributed by atoms with van der Waals surface area (Å²) >= 11 is 9.30. The number of carbonyl (C=O) groups excluding carboxylic acids is 1. The smallest absolute Gasteiger partial charge is 0.253 e. The lowest BCUT2D eigenvalue weighted by Crippen LogP contribution is -2.30. The molecule has 3 nitrogen and oxygen atoms in total. The van der Waals surface area contributed by atoms with Gasteiger partial charge in [-0.25, -0.2) is 0 Å². The van der Waals surface area contributed by atoms with E-state index in [-0.39, 0.29) is 5.91 Å². The van der Waals surface area contributed by atoms with Gasteiger partial charge in [0.25, 0.3) is 5.91 Å². The molecule has 0 atom stereocenters. The second-order valence-electron chi connectivity index (χ2n) is 4.87. The molecule has 0 heterocycles. The van der Waals surface area contributed by atoms with Crippen LogP contribution in [0, 0.1) is 5.92 Å². The van der Waals surface area contributed by atoms with Crippen molar-refractivity contribution in [3.8, 4) is 0 Å². The van der Waals surface area contributed by atoms with E-state index in [4.69, 9.17) is 16.3 Å². The number of amides is 1. The quantitative estimate of drug-likeness (QED) is 0.737. The minimum absolute atomic E-state index is 0.0376. The molecule has 0 aromatic heterocycles. The Balaban J connectivity index is 1.81. The van der Waals surface area contributed by atoms with Crippen molar-refractivity contribution >= 4 is 33.4 Å². The number of ether oxygens (including phenoxy) is 1. The Morgan fingerprint density at radius 3 is 2.89 bits per heavy atom. The number of benzene rings is 1. The molecule has 5 heteroatoms. The maximum atomic E-state index is 12.1. The predicted molar refractivity (Wildman–Crippen MR) is 79.7 cm³/mol. The van der Waals surface area contributed by atoms with Crippen LogP contribution in [0.1, 0.15) is 23.2 Å². The zero-order valence-corrected chi connectivity index (χ0v) is 13.2. The summed E-state index contributed by atoms with van der Waals surface area (Å²) in [7, 11) is 1.78. The summed E-state index contributed by atoms with van der Waals surface area (Å²) in [6, 6.07) is 5.22. The van der Waals surface area contributed by atoms with Crippen molar-refractivity contribution in [3.63, 3.8) is 0 Å². The molecule has 0 N–H and O–H groups in total. The van der Waals surface area contributed by atoms with Crippen molar-refractivity contribution in [1.82, 2.24) is 4.90 Å². The van der Waals surface area contributed by atoms with Crippen LogP contribution in [0.15, 0.2) is 22.7 Å². The molecular weight excluding hydrogens is 330 g/mol. The highest BCUT2D eigenvalue weighted by Crippen LogP contribution is 2.28. The summed E-state index contributed by atoms with van der Waals surface area (Å²) in [6.07, 6.45) is 2.57. The first kappa shape index (κ1) is 14.8. The third-order valence-electron chi connectivity index (χ3n) is 3.13. The van der Waals surface area contributed by atoms with Crippen LogP contribution < -0.4 is 0 Å². The monoisotopic (exact) mass is 345 g/mol. The molecule has 0 saturated heterocycles. The van der Waals surface area contributed by atoms with Gasteiger partial charge in [0, 0.05) is 30.2 Å². The number of hydrogen-bond acceptors (Lipinski definition) is 2. The first-order valence-electron chi connectivity index (χ1n) is 6.36. The van der Waals surface area contributed by atoms with Gasteiger partial charge < -0.3 is 9.64 Å². The van der Waals surface area contributed by atoms with E-state index in [1.807, 2.05) is 0 Å². The third-order valence-corrected chi connectivity index (χ3v) is 4.37. The van der Waals surface area contributed by atoms with Crippen LogP contribution in [0.25, 0.3) is 0 Å². The number of nitrogens with zero attached hydrogens (tertiary/aromatic N) is 1. The molecule has 1 aromatic carbocycles. The minimum atomic E-state index is -0.0376. The zero-order valence-electron chi connectivity index (χ0n) is 10.9. The highest BCUT2D eigenvalue weighted by atomic mass is 79.9. The van der Waals surface area contributed by atoms with Crippen LogP contribution in [0.2, 0.25) is 5.02 Å². The highest BCUT2D eigenvalue weighted by molar-refractivity contribution is 9.10. The van der Waals surface area contributed by atoms with Crippen molar-refractivity contribution in [2.45, 2.75) is 12.8 Å². The van der Waals surface area contributed by atoms with E-state index >= 15 is 0 Å². The number of halogens is 2. The highest BCUT2D eigenvalue weighted by Gasteiger charge is 2.21. The van der Waals surface area contributed by atoms with Gasteiger partial charge in [-0.3, -0.25) is 4.79 Å². The number of rotatable bonds is 6. The summed E-state index contributed by atoms with van der Waals surface area (Å²) in [6.45, 7) is 2.01. The van der Waals surface area contributed by atoms with Gasteiger partial charge in [0.05, 0.1) is 11.6 Å². The SMILES string of the molecule is CN(CCOCC1CC1)C(=O)c1ccc(Br)c(Cl)c1. The summed E-state index contributed by atoms with van der Waals surface area (Å²) < 4.78 is 6.32. The van der Waals surface area contributed by atoms with Crippen molar-refractivity contribution in [2.24, 2.45) is 5.92 Å². The van der Waals surface area contributed by atoms with Gasteiger partial charge in [-0.2, -0.15) is 0 Å². The van der Waals surface area contributed by atoms with E-state index in [0.717, 1.165) is 17.0 Å². The van der Waals surface area contributed by atoms with Gasteiger partial charge in [0.15, 0.2) is 0 Å². The standard InChI is InChI=1S/C14H17BrClNO2/c1-17(6-7-19-9-10-2-3-10)14(18)11-4-5-12(15)13(16)8-11/h4-5,8,10H,2-3,6-7,9H2,1H3. The van der Waals surface area contributed by atoms with E-state index in [2.05, 4.69) is 15.9 Å². The topological polar surface area (TPSA) is 29.5 Å². The number of carbonyl (C=O) groups is 1. The van der Waals surface area contributed by atoms with Crippen molar-refractivity contribution in [2.75, 3.05) is 26.8 Å². The fourth-order valence-corrected chi connectivity index (χ4v) is 2.11. The molecule has 0 unspecified atom stereocenters. The Morgan fingerprint density at radius 1 is 1.53 bits per heavy atom. The average Bonchev–Trinajstić information content (AvgIpc) is 3.21. The summed E-state index contributed by atoms with van der Waals surface area (Å²) in [4.78, 5) is 13.8. The second kappa shape index (κ2) is 6.73. The van der Waals surface area contributed by atoms with Crippen molar-refractivity contribution in [3.05, 3.63) is 33.3 Å². The molecule has 2 rings (SSSR count). The van der Waals surface area contributed by atoms with Gasteiger partial charge in [-0.1, -0.05) is 11.6 Å². The molecule has 0 bridgehead atoms. The Bertz CT molecular complexity index is 463. The zero-order chi connectivity index (χ0) is 13.8. The van der Waals surface area contributed by atoms with Gasteiger partial charge in [0.2, 0.25) is 0 Å². The lowest BCUT2D eigenvalue weighted by atomic mass is 10.2. The first-order valence-corrected chi connectivity index (χ1v) is 7.53. The summed E-state index contributed by atoms with van der Waals surface area (Å²) in [5.74, 6) is 0.718. The largest absolute Gasteiger partial charge is 0.379 e. The van der Waals surface area contributed by atoms with Crippen molar-refractivity contribution < 1.29 is 9.53 Å². The molecular formula is C14H17BrClNO2. The van der Waals surface area contributed by atoms with Crippen LogP contribution in [-0.2, 0) is 4.74 Å². The molecule has 19 heavy (non-hydrogen) atoms. The molecule has 1 saturated carbocycles. The lowest BCUT2D eigenvalue weighted by Gasteiger charge is -2.17. The normalized spacial score (nSPS) is 14.5. The van der Waals surface area contributed by atoms with Crippen LogP contribution in [0.5, 0.6) is 0 Å². The van der Waals surface area contributed by atoms with Gasteiger partial charge in [0.1, 0.15) is 0 Å². The number of likely N-dealkylation sites (N-methyl/N-ethyl adjacent to an activating group) is 1. The van der Waals surface area contributed by atoms with Gasteiger partial charge in [-0.15, -0.1) is 0 Å². The van der Waals surface area contributed by atoms with E-state index in [1.54, 1.807) is 30.1 Å². The molecule has 104 valence electrons. The van der Waals surface area contributed by atoms with E-state index < -0.39 is 0 Å². The Morgan fingerprint density at radius 2 is 2.26 bits per heavy atom. The Kier molecular flexibility index (Phi) is 5.25. The number of hydrogen-bond donors (Lipinski definition) is 0. The van der Waals surface area contributed by atoms with Crippen LogP contribution in [0.3, 0.4) is 0 Å². The van der Waals surface area contributed by atoms with Crippen LogP contribution >= 0.6 is 27.5 Å². The molecule has 1 fully saturated rings. The Hall–Kier alpha value is -0.580. The molecule has 0 aliphatic heterocycles. The second-order valence-corrected chi connectivity index (χ2v) is 6.14. The molecule has 0 spiro atoms. The van der Waals surface area contributed by atoms with Crippen LogP contribution in [-0.4, -0.2) is 37.6 Å². The molecule has 1 aliphatic rings. The average molecular weight is 347 g/mol. The third kappa shape index (κ3) is 4.48. The fourth-order valence-electron chi connectivity index (χ4n) is 1.69.